The molecule has 624 valence electrons. The second-order valence-corrected chi connectivity index (χ2v) is 34.8. The highest BCUT2D eigenvalue weighted by atomic mass is 31.2. The molecule has 0 bridgehead atoms. The molecule has 0 rings (SSSR count). The summed E-state index contributed by atoms with van der Waals surface area (Å²) in [5.41, 5.74) is 0. The summed E-state index contributed by atoms with van der Waals surface area (Å²) in [6, 6.07) is 0. The number of carbonyl (C=O) groups excluding carboxylic acids is 4. The number of phosphoric ester groups is 2. The van der Waals surface area contributed by atoms with Crippen LogP contribution in [0.5, 0.6) is 0 Å². The second-order valence-electron chi connectivity index (χ2n) is 31.9. The topological polar surface area (TPSA) is 237 Å². The van der Waals surface area contributed by atoms with Crippen molar-refractivity contribution in [3.63, 3.8) is 0 Å². The molecule has 0 aromatic heterocycles. The largest absolute Gasteiger partial charge is 0.472 e. The lowest BCUT2D eigenvalue weighted by Gasteiger charge is -2.21. The third-order valence-electron chi connectivity index (χ3n) is 20.2. The van der Waals surface area contributed by atoms with Crippen LogP contribution in [0.15, 0.2) is 0 Å². The number of esters is 4. The van der Waals surface area contributed by atoms with Gasteiger partial charge in [0.1, 0.15) is 19.3 Å². The van der Waals surface area contributed by atoms with E-state index in [9.17, 15) is 43.2 Å². The Morgan fingerprint density at radius 3 is 0.648 bits per heavy atom. The first-order valence-corrected chi connectivity index (χ1v) is 47.5. The van der Waals surface area contributed by atoms with Crippen molar-refractivity contribution in [3.05, 3.63) is 0 Å². The number of carbonyl (C=O) groups is 4. The fourth-order valence-corrected chi connectivity index (χ4v) is 15.0. The van der Waals surface area contributed by atoms with E-state index in [2.05, 4.69) is 41.5 Å². The van der Waals surface area contributed by atoms with Crippen LogP contribution in [-0.4, -0.2) is 96.7 Å². The quantitative estimate of drug-likeness (QED) is 0.0222. The summed E-state index contributed by atoms with van der Waals surface area (Å²) in [5, 5.41) is 10.7. The van der Waals surface area contributed by atoms with E-state index in [1.807, 2.05) is 0 Å². The molecule has 3 N–H and O–H groups in total. The number of rotatable bonds is 85. The molecule has 0 aliphatic carbocycles. The standard InChI is InChI=1S/C86H168O17P2/c1-7-9-11-13-15-17-19-21-22-23-24-25-29-33-39-45-51-57-63-69-84(89)97-74-81(102-85(90)70-64-58-52-46-40-34-30-27-26-28-32-36-42-48-54-60-66-78(3)4)76-100-104(92,93)98-72-80(87)73-99-105(94,95)101-77-82(75-96-83(88)68-62-56-50-44-38-31-20-18-16-14-12-10-8-2)103-86(91)71-65-59-53-47-41-35-37-43-49-55-61-67-79(5)6/h78-82,87H,7-77H2,1-6H3,(H,92,93)(H,94,95)/t80-,81-,82-/m1/s1. The smallest absolute Gasteiger partial charge is 0.462 e. The third-order valence-corrected chi connectivity index (χ3v) is 22.1. The molecule has 105 heavy (non-hydrogen) atoms. The maximum absolute atomic E-state index is 13.2. The molecule has 0 aliphatic rings. The predicted molar refractivity (Wildman–Crippen MR) is 432 cm³/mol. The lowest BCUT2D eigenvalue weighted by atomic mass is 10.0. The zero-order chi connectivity index (χ0) is 77.1. The fraction of sp³-hybridized carbons (Fsp3) is 0.953. The van der Waals surface area contributed by atoms with Gasteiger partial charge in [-0.3, -0.25) is 37.3 Å². The fourth-order valence-electron chi connectivity index (χ4n) is 13.4. The first kappa shape index (κ1) is 103. The minimum Gasteiger partial charge on any atom is -0.462 e. The average molecular weight is 1540 g/mol. The van der Waals surface area contributed by atoms with E-state index in [-0.39, 0.29) is 25.7 Å². The molecule has 0 saturated heterocycles. The van der Waals surface area contributed by atoms with Gasteiger partial charge in [-0.1, -0.05) is 408 Å². The number of ether oxygens (including phenoxy) is 4. The van der Waals surface area contributed by atoms with E-state index >= 15 is 0 Å². The van der Waals surface area contributed by atoms with Gasteiger partial charge in [-0.05, 0) is 37.5 Å². The molecule has 2 unspecified atom stereocenters. The number of hydrogen-bond acceptors (Lipinski definition) is 15. The van der Waals surface area contributed by atoms with Crippen LogP contribution in [0.25, 0.3) is 0 Å². The van der Waals surface area contributed by atoms with Crippen molar-refractivity contribution in [2.24, 2.45) is 11.8 Å². The molecule has 0 heterocycles. The number of aliphatic hydroxyl groups is 1. The Morgan fingerprint density at radius 1 is 0.257 bits per heavy atom. The summed E-state index contributed by atoms with van der Waals surface area (Å²) in [6.45, 7) is 9.71. The first-order valence-electron chi connectivity index (χ1n) is 44.5. The van der Waals surface area contributed by atoms with Gasteiger partial charge in [0.2, 0.25) is 0 Å². The normalized spacial score (nSPS) is 13.8. The predicted octanol–water partition coefficient (Wildman–Crippen LogP) is 26.2. The Labute approximate surface area is 645 Å². The van der Waals surface area contributed by atoms with Gasteiger partial charge in [-0.25, -0.2) is 9.13 Å². The highest BCUT2D eigenvalue weighted by Crippen LogP contribution is 2.45. The minimum atomic E-state index is -4.97. The molecule has 17 nitrogen and oxygen atoms in total. The van der Waals surface area contributed by atoms with E-state index < -0.39 is 97.5 Å². The Bertz CT molecular complexity index is 2010. The van der Waals surface area contributed by atoms with Gasteiger partial charge in [0.05, 0.1) is 26.4 Å². The maximum Gasteiger partial charge on any atom is 0.472 e. The van der Waals surface area contributed by atoms with Gasteiger partial charge < -0.3 is 33.8 Å². The Hall–Kier alpha value is -1.94. The summed E-state index contributed by atoms with van der Waals surface area (Å²) in [5.74, 6) is -0.526. The molecule has 0 fully saturated rings. The summed E-state index contributed by atoms with van der Waals surface area (Å²) in [6.07, 6.45) is 69.3. The Kier molecular flexibility index (Phi) is 76.0. The molecule has 0 amide bonds. The molecule has 0 radical (unpaired) electrons. The highest BCUT2D eigenvalue weighted by Gasteiger charge is 2.30. The molecule has 0 saturated carbocycles. The number of phosphoric acid groups is 2. The van der Waals surface area contributed by atoms with Crippen LogP contribution >= 0.6 is 15.6 Å². The lowest BCUT2D eigenvalue weighted by Crippen LogP contribution is -2.30. The molecular formula is C86H168O17P2. The maximum atomic E-state index is 13.2. The molecule has 0 aromatic rings. The van der Waals surface area contributed by atoms with Crippen molar-refractivity contribution in [2.45, 2.75) is 477 Å². The van der Waals surface area contributed by atoms with Crippen molar-refractivity contribution in [3.8, 4) is 0 Å². The third kappa shape index (κ3) is 79.9. The molecular weight excluding hydrogens is 1370 g/mol. The molecule has 5 atom stereocenters. The Morgan fingerprint density at radius 2 is 0.438 bits per heavy atom. The van der Waals surface area contributed by atoms with Crippen LogP contribution in [0.1, 0.15) is 459 Å². The van der Waals surface area contributed by atoms with E-state index in [1.54, 1.807) is 0 Å². The van der Waals surface area contributed by atoms with Crippen LogP contribution < -0.4 is 0 Å². The van der Waals surface area contributed by atoms with Crippen LogP contribution in [0, 0.1) is 11.8 Å². The summed E-state index contributed by atoms with van der Waals surface area (Å²) >= 11 is 0. The van der Waals surface area contributed by atoms with Crippen LogP contribution in [-0.2, 0) is 65.4 Å². The van der Waals surface area contributed by atoms with Crippen molar-refractivity contribution in [2.75, 3.05) is 39.6 Å². The molecule has 0 aromatic carbocycles. The van der Waals surface area contributed by atoms with Gasteiger partial charge in [-0.2, -0.15) is 0 Å². The lowest BCUT2D eigenvalue weighted by molar-refractivity contribution is -0.161. The first-order chi connectivity index (χ1) is 50.9. The number of unbranched alkanes of at least 4 members (excludes halogenated alkanes) is 55. The van der Waals surface area contributed by atoms with Gasteiger partial charge >= 0.3 is 39.5 Å². The van der Waals surface area contributed by atoms with Crippen LogP contribution in [0.4, 0.5) is 0 Å². The van der Waals surface area contributed by atoms with Crippen molar-refractivity contribution in [1.82, 2.24) is 0 Å². The van der Waals surface area contributed by atoms with Crippen molar-refractivity contribution < 1.29 is 80.2 Å². The molecule has 0 aliphatic heterocycles. The Balaban J connectivity index is 5.26. The molecule has 19 heteroatoms. The van der Waals surface area contributed by atoms with Gasteiger partial charge in [0, 0.05) is 25.7 Å². The van der Waals surface area contributed by atoms with Gasteiger partial charge in [0.25, 0.3) is 0 Å². The van der Waals surface area contributed by atoms with E-state index in [4.69, 9.17) is 37.0 Å². The summed E-state index contributed by atoms with van der Waals surface area (Å²) in [7, 11) is -9.93. The van der Waals surface area contributed by atoms with Crippen molar-refractivity contribution in [1.29, 1.82) is 0 Å². The van der Waals surface area contributed by atoms with E-state index in [0.717, 1.165) is 102 Å². The molecule has 0 spiro atoms. The highest BCUT2D eigenvalue weighted by molar-refractivity contribution is 7.47. The SMILES string of the molecule is CCCCCCCCCCCCCCCCCCCCCC(=O)OC[C@H](COP(=O)(O)OC[C@@H](O)COP(=O)(O)OC[C@@H](COC(=O)CCCCCCCCCCCCCCC)OC(=O)CCCCCCCCCCCCCC(C)C)OC(=O)CCCCCCCCCCCCCCCCCCC(C)C. The summed E-state index contributed by atoms with van der Waals surface area (Å²) in [4.78, 5) is 73.3. The number of hydrogen-bond donors (Lipinski definition) is 3. The minimum absolute atomic E-state index is 0.107. The monoisotopic (exact) mass is 1540 g/mol. The van der Waals surface area contributed by atoms with Crippen LogP contribution in [0.3, 0.4) is 0 Å². The van der Waals surface area contributed by atoms with E-state index in [1.165, 1.54) is 276 Å². The zero-order valence-electron chi connectivity index (χ0n) is 69.0. The van der Waals surface area contributed by atoms with Gasteiger partial charge in [0.15, 0.2) is 12.2 Å². The van der Waals surface area contributed by atoms with Crippen molar-refractivity contribution >= 4 is 39.5 Å². The zero-order valence-corrected chi connectivity index (χ0v) is 70.8. The average Bonchev–Trinajstić information content (AvgIpc) is 0.909. The van der Waals surface area contributed by atoms with E-state index in [0.29, 0.717) is 25.7 Å². The van der Waals surface area contributed by atoms with Gasteiger partial charge in [-0.15, -0.1) is 0 Å². The second kappa shape index (κ2) is 77.4. The van der Waals surface area contributed by atoms with Crippen LogP contribution in [0.2, 0.25) is 0 Å². The summed E-state index contributed by atoms with van der Waals surface area (Å²) < 4.78 is 68.9. The number of aliphatic hydroxyl groups excluding tert-OH is 1.